The average molecular weight is 282 g/mol. The van der Waals surface area contributed by atoms with Gasteiger partial charge in [-0.2, -0.15) is 0 Å². The Morgan fingerprint density at radius 2 is 2.00 bits per heavy atom. The van der Waals surface area contributed by atoms with Gasteiger partial charge >= 0.3 is 6.09 Å². The van der Waals surface area contributed by atoms with E-state index in [-0.39, 0.29) is 12.1 Å². The molecule has 0 aromatic heterocycles. The Balaban J connectivity index is 1.92. The summed E-state index contributed by atoms with van der Waals surface area (Å²) in [6, 6.07) is 0.976. The minimum absolute atomic E-state index is 0.242. The van der Waals surface area contributed by atoms with Crippen molar-refractivity contribution in [1.82, 2.24) is 10.2 Å². The van der Waals surface area contributed by atoms with Crippen LogP contribution in [0.15, 0.2) is 0 Å². The summed E-state index contributed by atoms with van der Waals surface area (Å²) in [4.78, 5) is 14.3. The van der Waals surface area contributed by atoms with Crippen LogP contribution in [0.2, 0.25) is 0 Å². The summed E-state index contributed by atoms with van der Waals surface area (Å²) in [6.45, 7) is 11.4. The van der Waals surface area contributed by atoms with Gasteiger partial charge in [0.15, 0.2) is 0 Å². The smallest absolute Gasteiger partial charge is 0.407 e. The molecular formula is C16H30N2O2. The van der Waals surface area contributed by atoms with E-state index in [1.54, 1.807) is 0 Å². The van der Waals surface area contributed by atoms with Gasteiger partial charge in [-0.15, -0.1) is 0 Å². The van der Waals surface area contributed by atoms with E-state index in [2.05, 4.69) is 31.0 Å². The molecular weight excluding hydrogens is 252 g/mol. The molecule has 2 unspecified atom stereocenters. The predicted molar refractivity (Wildman–Crippen MR) is 80.6 cm³/mol. The zero-order valence-electron chi connectivity index (χ0n) is 13.4. The highest BCUT2D eigenvalue weighted by Crippen LogP contribution is 2.35. The Hall–Kier alpha value is -0.770. The second-order valence-corrected chi connectivity index (χ2v) is 6.99. The fourth-order valence-electron chi connectivity index (χ4n) is 3.56. The third kappa shape index (κ3) is 3.87. The summed E-state index contributed by atoms with van der Waals surface area (Å²) < 4.78 is 5.02. The number of likely N-dealkylation sites (tertiary alicyclic amines) is 1. The van der Waals surface area contributed by atoms with E-state index >= 15 is 0 Å². The number of hydrogen-bond acceptors (Lipinski definition) is 3. The monoisotopic (exact) mass is 282 g/mol. The molecule has 4 nitrogen and oxygen atoms in total. The summed E-state index contributed by atoms with van der Waals surface area (Å²) in [5, 5.41) is 3.05. The van der Waals surface area contributed by atoms with Crippen molar-refractivity contribution < 1.29 is 9.53 Å². The average Bonchev–Trinajstić information content (AvgIpc) is 2.34. The molecule has 0 bridgehead atoms. The molecule has 2 atom stereocenters. The molecule has 20 heavy (non-hydrogen) atoms. The normalized spacial score (nSPS) is 34.6. The summed E-state index contributed by atoms with van der Waals surface area (Å²) >= 11 is 0. The maximum absolute atomic E-state index is 11.6. The number of carbonyl (C=O) groups is 1. The zero-order chi connectivity index (χ0) is 14.7. The number of piperidine rings is 1. The quantitative estimate of drug-likeness (QED) is 0.862. The van der Waals surface area contributed by atoms with Crippen LogP contribution in [0.25, 0.3) is 0 Å². The van der Waals surface area contributed by atoms with Crippen molar-refractivity contribution in [3.63, 3.8) is 0 Å². The highest BCUT2D eigenvalue weighted by Gasteiger charge is 2.37. The molecule has 1 amide bonds. The lowest BCUT2D eigenvalue weighted by molar-refractivity contribution is 0.0226. The number of ether oxygens (including phenoxy) is 1. The van der Waals surface area contributed by atoms with Gasteiger partial charge in [0.25, 0.3) is 0 Å². The van der Waals surface area contributed by atoms with Gasteiger partial charge in [-0.1, -0.05) is 20.8 Å². The fourth-order valence-corrected chi connectivity index (χ4v) is 3.56. The summed E-state index contributed by atoms with van der Waals surface area (Å²) in [7, 11) is 0. The maximum atomic E-state index is 11.6. The lowest BCUT2D eigenvalue weighted by Crippen LogP contribution is -2.57. The van der Waals surface area contributed by atoms with Gasteiger partial charge in [0.05, 0.1) is 6.61 Å². The first-order valence-electron chi connectivity index (χ1n) is 8.16. The van der Waals surface area contributed by atoms with Crippen LogP contribution >= 0.6 is 0 Å². The third-order valence-corrected chi connectivity index (χ3v) is 4.92. The molecule has 1 saturated carbocycles. The number of hydrogen-bond donors (Lipinski definition) is 1. The van der Waals surface area contributed by atoms with E-state index < -0.39 is 0 Å². The minimum Gasteiger partial charge on any atom is -0.450 e. The van der Waals surface area contributed by atoms with Crippen LogP contribution in [0, 0.1) is 17.8 Å². The van der Waals surface area contributed by atoms with Gasteiger partial charge in [0, 0.05) is 25.2 Å². The van der Waals surface area contributed by atoms with Crippen molar-refractivity contribution in [3.8, 4) is 0 Å². The van der Waals surface area contributed by atoms with Crippen molar-refractivity contribution in [2.75, 3.05) is 19.7 Å². The highest BCUT2D eigenvalue weighted by atomic mass is 16.5. The second-order valence-electron chi connectivity index (χ2n) is 6.99. The van der Waals surface area contributed by atoms with Crippen LogP contribution < -0.4 is 5.32 Å². The first-order valence-corrected chi connectivity index (χ1v) is 8.16. The van der Waals surface area contributed by atoms with Crippen molar-refractivity contribution in [1.29, 1.82) is 0 Å². The Labute approximate surface area is 123 Å². The largest absolute Gasteiger partial charge is 0.450 e. The Morgan fingerprint density at radius 3 is 2.55 bits per heavy atom. The van der Waals surface area contributed by atoms with E-state index in [1.807, 2.05) is 6.92 Å². The fraction of sp³-hybridized carbons (Fsp3) is 0.938. The molecule has 0 aromatic rings. The highest BCUT2D eigenvalue weighted by molar-refractivity contribution is 5.67. The zero-order valence-corrected chi connectivity index (χ0v) is 13.4. The number of amides is 1. The molecule has 1 N–H and O–H groups in total. The number of nitrogens with zero attached hydrogens (tertiary/aromatic N) is 1. The number of alkyl carbamates (subject to hydrolysis) is 1. The lowest BCUT2D eigenvalue weighted by atomic mass is 9.77. The Kier molecular flexibility index (Phi) is 5.30. The van der Waals surface area contributed by atoms with Gasteiger partial charge in [-0.25, -0.2) is 4.79 Å². The molecule has 116 valence electrons. The van der Waals surface area contributed by atoms with Gasteiger partial charge in [0.1, 0.15) is 0 Å². The van der Waals surface area contributed by atoms with Crippen LogP contribution in [0.1, 0.15) is 47.0 Å². The molecule has 1 heterocycles. The van der Waals surface area contributed by atoms with Crippen molar-refractivity contribution in [3.05, 3.63) is 0 Å². The number of nitrogens with one attached hydrogen (secondary N) is 1. The summed E-state index contributed by atoms with van der Waals surface area (Å²) in [5.41, 5.74) is 0. The maximum Gasteiger partial charge on any atom is 0.407 e. The molecule has 0 radical (unpaired) electrons. The van der Waals surface area contributed by atoms with Crippen molar-refractivity contribution in [2.45, 2.75) is 59.0 Å². The van der Waals surface area contributed by atoms with E-state index in [0.717, 1.165) is 24.9 Å². The van der Waals surface area contributed by atoms with Crippen LogP contribution in [0.3, 0.4) is 0 Å². The number of rotatable bonds is 4. The molecule has 1 saturated heterocycles. The standard InChI is InChI=1S/C16H30N2O2/c1-5-20-16(19)17-14-8-13(11(2)3)9-18(10-14)15-6-12(4)7-15/h11-15H,5-10H2,1-4H3,(H,17,19). The van der Waals surface area contributed by atoms with E-state index in [0.29, 0.717) is 18.4 Å². The van der Waals surface area contributed by atoms with Gasteiger partial charge in [-0.3, -0.25) is 4.90 Å². The topological polar surface area (TPSA) is 41.6 Å². The molecule has 0 aromatic carbocycles. The predicted octanol–water partition coefficient (Wildman–Crippen LogP) is 2.88. The van der Waals surface area contributed by atoms with Crippen LogP contribution in [0.4, 0.5) is 4.79 Å². The summed E-state index contributed by atoms with van der Waals surface area (Å²) in [6.07, 6.45) is 3.45. The molecule has 2 fully saturated rings. The molecule has 4 heteroatoms. The van der Waals surface area contributed by atoms with Crippen LogP contribution in [-0.2, 0) is 4.74 Å². The van der Waals surface area contributed by atoms with E-state index in [9.17, 15) is 4.79 Å². The van der Waals surface area contributed by atoms with E-state index in [4.69, 9.17) is 4.74 Å². The molecule has 2 aliphatic rings. The van der Waals surface area contributed by atoms with Gasteiger partial charge < -0.3 is 10.1 Å². The Morgan fingerprint density at radius 1 is 1.30 bits per heavy atom. The lowest BCUT2D eigenvalue weighted by Gasteiger charge is -2.48. The van der Waals surface area contributed by atoms with Crippen molar-refractivity contribution >= 4 is 6.09 Å². The second kappa shape index (κ2) is 6.79. The van der Waals surface area contributed by atoms with Crippen LogP contribution in [-0.4, -0.2) is 42.8 Å². The Bertz CT molecular complexity index is 326. The van der Waals surface area contributed by atoms with Crippen LogP contribution in [0.5, 0.6) is 0 Å². The summed E-state index contributed by atoms with van der Waals surface area (Å²) in [5.74, 6) is 2.21. The van der Waals surface area contributed by atoms with Crippen molar-refractivity contribution in [2.24, 2.45) is 17.8 Å². The van der Waals surface area contributed by atoms with Gasteiger partial charge in [0.2, 0.25) is 0 Å². The molecule has 1 aliphatic heterocycles. The SMILES string of the molecule is CCOC(=O)NC1CC(C(C)C)CN(C2CC(C)C2)C1. The first kappa shape index (κ1) is 15.6. The molecule has 0 spiro atoms. The molecule has 1 aliphatic carbocycles. The molecule has 2 rings (SSSR count). The minimum atomic E-state index is -0.260. The third-order valence-electron chi connectivity index (χ3n) is 4.92. The number of carbonyl (C=O) groups excluding carboxylic acids is 1. The van der Waals surface area contributed by atoms with E-state index in [1.165, 1.54) is 19.4 Å². The first-order chi connectivity index (χ1) is 9.49. The van der Waals surface area contributed by atoms with Gasteiger partial charge in [-0.05, 0) is 43.9 Å².